The minimum Gasteiger partial charge on any atom is -0.462 e. The van der Waals surface area contributed by atoms with E-state index in [0.29, 0.717) is 12.8 Å². The van der Waals surface area contributed by atoms with Crippen LogP contribution in [0.15, 0.2) is 12.2 Å². The molecule has 9 heteroatoms. The number of carbonyl (C=O) groups excluding carboxylic acids is 2. The number of phosphoric ester groups is 1. The van der Waals surface area contributed by atoms with E-state index in [1.807, 2.05) is 6.92 Å². The van der Waals surface area contributed by atoms with Crippen molar-refractivity contribution in [3.8, 4) is 0 Å². The molecule has 0 fully saturated rings. The number of hydrogen-bond donors (Lipinski definition) is 0. The Hall–Kier alpha value is -1.21. The Bertz CT molecular complexity index is 864. The van der Waals surface area contributed by atoms with Crippen LogP contribution in [0.3, 0.4) is 0 Å². The molecule has 0 aromatic carbocycles. The van der Waals surface area contributed by atoms with Crippen molar-refractivity contribution < 1.29 is 37.2 Å². The summed E-state index contributed by atoms with van der Waals surface area (Å²) in [5.41, 5.74) is 0. The van der Waals surface area contributed by atoms with Gasteiger partial charge in [0.25, 0.3) is 0 Å². The van der Waals surface area contributed by atoms with Gasteiger partial charge in [-0.05, 0) is 51.9 Å². The summed E-state index contributed by atoms with van der Waals surface area (Å²) in [5, 5.41) is 0. The van der Waals surface area contributed by atoms with Gasteiger partial charge in [-0.25, -0.2) is 4.57 Å². The van der Waals surface area contributed by atoms with Crippen LogP contribution in [0, 0.1) is 0 Å². The van der Waals surface area contributed by atoms with Crippen LogP contribution in [0.4, 0.5) is 0 Å². The van der Waals surface area contributed by atoms with Gasteiger partial charge >= 0.3 is 19.8 Å². The monoisotopic (exact) mass is 759 g/mol. The van der Waals surface area contributed by atoms with E-state index in [4.69, 9.17) is 23.0 Å². The van der Waals surface area contributed by atoms with Gasteiger partial charge in [-0.2, -0.15) is 0 Å². The molecule has 52 heavy (non-hydrogen) atoms. The van der Waals surface area contributed by atoms with E-state index < -0.39 is 13.9 Å². The zero-order chi connectivity index (χ0) is 38.2. The number of unbranched alkanes of at least 4 members (excludes halogenated alkanes) is 24. The van der Waals surface area contributed by atoms with Crippen molar-refractivity contribution >= 4 is 19.8 Å². The smallest absolute Gasteiger partial charge is 0.462 e. The number of phosphoric acid groups is 1. The SMILES string of the molecule is CCCCCCCC/C=C\CCCCCCCC(=O)O[C@@H](COC(=O)CCCCCCCCCCCCCCC)COP(=O)(OCC)OCCCC. The fourth-order valence-electron chi connectivity index (χ4n) is 6.01. The standard InChI is InChI=1S/C43H83O8P/c1-5-9-12-14-16-18-20-22-23-25-27-29-31-33-35-37-43(45)51-41(40-50-52(46,48-8-4)49-38-11-7-3)39-47-42(44)36-34-32-30-28-26-24-21-19-17-15-13-10-6-2/h22-23,41H,5-21,24-40H2,1-4H3/b23-22-/t41-,52?/m0/s1. The predicted molar refractivity (Wildman–Crippen MR) is 217 cm³/mol. The third kappa shape index (κ3) is 35.8. The first-order chi connectivity index (χ1) is 25.4. The van der Waals surface area contributed by atoms with Gasteiger partial charge in [0.15, 0.2) is 6.10 Å². The molecule has 0 aliphatic rings. The Morgan fingerprint density at radius 2 is 0.904 bits per heavy atom. The lowest BCUT2D eigenvalue weighted by molar-refractivity contribution is -0.161. The normalized spacial score (nSPS) is 13.4. The van der Waals surface area contributed by atoms with Gasteiger partial charge < -0.3 is 9.47 Å². The summed E-state index contributed by atoms with van der Waals surface area (Å²) in [6.07, 6.45) is 37.5. The first-order valence-corrected chi connectivity index (χ1v) is 23.4. The molecule has 8 nitrogen and oxygen atoms in total. The highest BCUT2D eigenvalue weighted by molar-refractivity contribution is 7.48. The van der Waals surface area contributed by atoms with Crippen molar-refractivity contribution in [1.82, 2.24) is 0 Å². The Morgan fingerprint density at radius 3 is 1.37 bits per heavy atom. The highest BCUT2D eigenvalue weighted by atomic mass is 31.2. The quantitative estimate of drug-likeness (QED) is 0.0263. The molecule has 0 saturated heterocycles. The molecule has 0 rings (SSSR count). The summed E-state index contributed by atoms with van der Waals surface area (Å²) in [4.78, 5) is 25.3. The first-order valence-electron chi connectivity index (χ1n) is 21.9. The summed E-state index contributed by atoms with van der Waals surface area (Å²) in [6.45, 7) is 8.22. The number of allylic oxidation sites excluding steroid dienone is 2. The molecule has 1 unspecified atom stereocenters. The third-order valence-corrected chi connectivity index (χ3v) is 10.8. The van der Waals surface area contributed by atoms with E-state index in [2.05, 4.69) is 26.0 Å². The summed E-state index contributed by atoms with van der Waals surface area (Å²) in [5.74, 6) is -0.703. The molecule has 0 bridgehead atoms. The minimum atomic E-state index is -3.83. The van der Waals surface area contributed by atoms with Crippen molar-refractivity contribution in [3.63, 3.8) is 0 Å². The Labute approximate surface area is 321 Å². The molecule has 0 N–H and O–H groups in total. The van der Waals surface area contributed by atoms with E-state index in [0.717, 1.165) is 57.8 Å². The Balaban J connectivity index is 4.43. The number of rotatable bonds is 41. The molecule has 0 aliphatic heterocycles. The van der Waals surface area contributed by atoms with Gasteiger partial charge in [0.05, 0.1) is 19.8 Å². The van der Waals surface area contributed by atoms with E-state index >= 15 is 0 Å². The fourth-order valence-corrected chi connectivity index (χ4v) is 7.25. The molecule has 0 saturated carbocycles. The van der Waals surface area contributed by atoms with Gasteiger partial charge in [-0.1, -0.05) is 168 Å². The highest BCUT2D eigenvalue weighted by Gasteiger charge is 2.29. The van der Waals surface area contributed by atoms with Crippen LogP contribution in [0.2, 0.25) is 0 Å². The minimum absolute atomic E-state index is 0.150. The van der Waals surface area contributed by atoms with E-state index in [9.17, 15) is 14.2 Å². The molecule has 0 heterocycles. The van der Waals surface area contributed by atoms with E-state index in [1.54, 1.807) is 6.92 Å². The molecule has 0 spiro atoms. The average Bonchev–Trinajstić information content (AvgIpc) is 3.13. The van der Waals surface area contributed by atoms with Crippen molar-refractivity contribution in [1.29, 1.82) is 0 Å². The van der Waals surface area contributed by atoms with Gasteiger partial charge in [0.2, 0.25) is 0 Å². The fraction of sp³-hybridized carbons (Fsp3) is 0.907. The van der Waals surface area contributed by atoms with Gasteiger partial charge in [-0.3, -0.25) is 23.2 Å². The second-order valence-electron chi connectivity index (χ2n) is 14.5. The lowest BCUT2D eigenvalue weighted by atomic mass is 10.0. The number of esters is 2. The molecule has 0 radical (unpaired) electrons. The van der Waals surface area contributed by atoms with Crippen molar-refractivity contribution in [3.05, 3.63) is 12.2 Å². The van der Waals surface area contributed by atoms with Crippen LogP contribution in [0.5, 0.6) is 0 Å². The molecule has 0 aromatic rings. The lowest BCUT2D eigenvalue weighted by Gasteiger charge is -2.22. The maximum absolute atomic E-state index is 13.1. The van der Waals surface area contributed by atoms with Crippen LogP contribution in [0.25, 0.3) is 0 Å². The maximum Gasteiger partial charge on any atom is 0.474 e. The first kappa shape index (κ1) is 50.8. The Morgan fingerprint density at radius 1 is 0.481 bits per heavy atom. The van der Waals surface area contributed by atoms with Crippen LogP contribution < -0.4 is 0 Å². The molecule has 0 aliphatic carbocycles. The lowest BCUT2D eigenvalue weighted by Crippen LogP contribution is -2.29. The molecular formula is C43H83O8P. The van der Waals surface area contributed by atoms with Crippen LogP contribution in [0.1, 0.15) is 220 Å². The van der Waals surface area contributed by atoms with E-state index in [1.165, 1.54) is 116 Å². The summed E-state index contributed by atoms with van der Waals surface area (Å²) >= 11 is 0. The second kappa shape index (κ2) is 39.5. The maximum atomic E-state index is 13.1. The van der Waals surface area contributed by atoms with Gasteiger partial charge in [0.1, 0.15) is 6.61 Å². The second-order valence-corrected chi connectivity index (χ2v) is 16.1. The third-order valence-electron chi connectivity index (χ3n) is 9.31. The molecular weight excluding hydrogens is 675 g/mol. The van der Waals surface area contributed by atoms with Crippen LogP contribution >= 0.6 is 7.82 Å². The van der Waals surface area contributed by atoms with Crippen molar-refractivity contribution in [2.75, 3.05) is 26.4 Å². The van der Waals surface area contributed by atoms with Gasteiger partial charge in [0, 0.05) is 12.8 Å². The zero-order valence-electron chi connectivity index (χ0n) is 34.5. The van der Waals surface area contributed by atoms with Crippen molar-refractivity contribution in [2.24, 2.45) is 0 Å². The zero-order valence-corrected chi connectivity index (χ0v) is 35.4. The number of hydrogen-bond acceptors (Lipinski definition) is 8. The summed E-state index contributed by atoms with van der Waals surface area (Å²) in [7, 11) is -3.83. The molecule has 0 amide bonds. The number of carbonyl (C=O) groups is 2. The average molecular weight is 759 g/mol. The molecule has 0 aromatic heterocycles. The van der Waals surface area contributed by atoms with Crippen molar-refractivity contribution in [2.45, 2.75) is 226 Å². The van der Waals surface area contributed by atoms with Crippen LogP contribution in [-0.4, -0.2) is 44.5 Å². The number of ether oxygens (including phenoxy) is 2. The van der Waals surface area contributed by atoms with E-state index in [-0.39, 0.29) is 44.8 Å². The molecule has 308 valence electrons. The predicted octanol–water partition coefficient (Wildman–Crippen LogP) is 13.9. The summed E-state index contributed by atoms with van der Waals surface area (Å²) < 4.78 is 40.5. The largest absolute Gasteiger partial charge is 0.474 e. The van der Waals surface area contributed by atoms with Crippen LogP contribution in [-0.2, 0) is 37.2 Å². The highest BCUT2D eigenvalue weighted by Crippen LogP contribution is 2.49. The Kier molecular flexibility index (Phi) is 38.6. The topological polar surface area (TPSA) is 97.4 Å². The summed E-state index contributed by atoms with van der Waals surface area (Å²) in [6, 6.07) is 0. The molecule has 2 atom stereocenters. The van der Waals surface area contributed by atoms with Gasteiger partial charge in [-0.15, -0.1) is 0 Å².